The Morgan fingerprint density at radius 1 is 1.47 bits per heavy atom. The first-order valence-corrected chi connectivity index (χ1v) is 6.84. The fraction of sp³-hybridized carbons (Fsp3) is 0.357. The van der Waals surface area contributed by atoms with Gasteiger partial charge in [-0.25, -0.2) is 0 Å². The van der Waals surface area contributed by atoms with Gasteiger partial charge in [-0.2, -0.15) is 5.26 Å². The highest BCUT2D eigenvalue weighted by Crippen LogP contribution is 2.29. The first-order chi connectivity index (χ1) is 9.06. The quantitative estimate of drug-likeness (QED) is 0.907. The summed E-state index contributed by atoms with van der Waals surface area (Å²) in [5.74, 6) is 0. The molecule has 1 atom stereocenters. The topological polar surface area (TPSA) is 69.2 Å². The Morgan fingerprint density at radius 3 is 2.84 bits per heavy atom. The van der Waals surface area contributed by atoms with Gasteiger partial charge in [-0.05, 0) is 47.0 Å². The Balaban J connectivity index is 2.41. The predicted molar refractivity (Wildman–Crippen MR) is 76.8 cm³/mol. The number of hydrogen-bond acceptors (Lipinski definition) is 3. The van der Waals surface area contributed by atoms with Gasteiger partial charge >= 0.3 is 0 Å². The van der Waals surface area contributed by atoms with Gasteiger partial charge in [-0.1, -0.05) is 0 Å². The molecule has 0 fully saturated rings. The van der Waals surface area contributed by atoms with Crippen LogP contribution >= 0.6 is 15.9 Å². The van der Waals surface area contributed by atoms with E-state index < -0.39 is 6.10 Å². The molecule has 2 aromatic rings. The zero-order valence-corrected chi connectivity index (χ0v) is 12.2. The number of nitriles is 1. The van der Waals surface area contributed by atoms with Crippen molar-refractivity contribution in [2.75, 3.05) is 6.61 Å². The van der Waals surface area contributed by atoms with Crippen LogP contribution in [0.3, 0.4) is 0 Å². The minimum atomic E-state index is -0.698. The maximum atomic E-state index is 9.42. The Labute approximate surface area is 120 Å². The maximum absolute atomic E-state index is 9.42. The number of benzene rings is 1. The number of rotatable bonds is 4. The van der Waals surface area contributed by atoms with Crippen LogP contribution in [0, 0.1) is 18.3 Å². The van der Waals surface area contributed by atoms with Crippen LogP contribution in [0.25, 0.3) is 10.9 Å². The van der Waals surface area contributed by atoms with Gasteiger partial charge in [-0.3, -0.25) is 0 Å². The lowest BCUT2D eigenvalue weighted by atomic mass is 10.1. The second kappa shape index (κ2) is 5.74. The number of aromatic nitrogens is 1. The SMILES string of the molecule is Cc1cc2c(cc1C#N)c(Br)cn2CCC(O)CO. The Bertz CT molecular complexity index is 643. The summed E-state index contributed by atoms with van der Waals surface area (Å²) in [6.07, 6.45) is 1.73. The molecule has 0 aliphatic rings. The molecule has 2 N–H and O–H groups in total. The van der Waals surface area contributed by atoms with Crippen molar-refractivity contribution in [2.24, 2.45) is 0 Å². The number of aliphatic hydroxyl groups excluding tert-OH is 2. The zero-order chi connectivity index (χ0) is 14.0. The van der Waals surface area contributed by atoms with E-state index in [2.05, 4.69) is 22.0 Å². The molecule has 1 aromatic carbocycles. The van der Waals surface area contributed by atoms with Crippen molar-refractivity contribution in [3.8, 4) is 6.07 Å². The molecule has 1 unspecified atom stereocenters. The fourth-order valence-electron chi connectivity index (χ4n) is 2.08. The Hall–Kier alpha value is -1.35. The van der Waals surface area contributed by atoms with Crippen LogP contribution in [0.5, 0.6) is 0 Å². The second-order valence-corrected chi connectivity index (χ2v) is 5.45. The first kappa shape index (κ1) is 14.1. The van der Waals surface area contributed by atoms with Gasteiger partial charge in [-0.15, -0.1) is 0 Å². The van der Waals surface area contributed by atoms with Crippen molar-refractivity contribution < 1.29 is 10.2 Å². The van der Waals surface area contributed by atoms with Crippen LogP contribution in [-0.4, -0.2) is 27.5 Å². The monoisotopic (exact) mass is 322 g/mol. The first-order valence-electron chi connectivity index (χ1n) is 6.04. The third-order valence-corrected chi connectivity index (χ3v) is 3.84. The summed E-state index contributed by atoms with van der Waals surface area (Å²) in [6.45, 7) is 2.30. The average Bonchev–Trinajstić information content (AvgIpc) is 2.71. The van der Waals surface area contributed by atoms with Crippen molar-refractivity contribution >= 4 is 26.8 Å². The molecule has 4 nitrogen and oxygen atoms in total. The van der Waals surface area contributed by atoms with Gasteiger partial charge in [0.25, 0.3) is 0 Å². The summed E-state index contributed by atoms with van der Waals surface area (Å²) < 4.78 is 2.95. The van der Waals surface area contributed by atoms with Gasteiger partial charge < -0.3 is 14.8 Å². The van der Waals surface area contributed by atoms with Gasteiger partial charge in [0, 0.05) is 28.1 Å². The van der Waals surface area contributed by atoms with Crippen LogP contribution in [0.4, 0.5) is 0 Å². The molecule has 0 saturated heterocycles. The molecule has 100 valence electrons. The lowest BCUT2D eigenvalue weighted by Gasteiger charge is -2.09. The summed E-state index contributed by atoms with van der Waals surface area (Å²) in [5, 5.41) is 28.3. The van der Waals surface area contributed by atoms with E-state index >= 15 is 0 Å². The molecule has 0 saturated carbocycles. The molecular formula is C14H15BrN2O2. The molecule has 0 aliphatic carbocycles. The largest absolute Gasteiger partial charge is 0.394 e. The van der Waals surface area contributed by atoms with Gasteiger partial charge in [0.05, 0.1) is 24.3 Å². The van der Waals surface area contributed by atoms with E-state index in [0.29, 0.717) is 18.5 Å². The minimum Gasteiger partial charge on any atom is -0.394 e. The predicted octanol–water partition coefficient (Wildman–Crippen LogP) is 2.33. The van der Waals surface area contributed by atoms with E-state index in [1.54, 1.807) is 0 Å². The number of halogens is 1. The van der Waals surface area contributed by atoms with E-state index in [1.807, 2.05) is 29.8 Å². The molecular weight excluding hydrogens is 308 g/mol. The highest BCUT2D eigenvalue weighted by Gasteiger charge is 2.11. The van der Waals surface area contributed by atoms with E-state index in [4.69, 9.17) is 10.4 Å². The highest BCUT2D eigenvalue weighted by molar-refractivity contribution is 9.10. The van der Waals surface area contributed by atoms with E-state index in [-0.39, 0.29) is 6.61 Å². The van der Waals surface area contributed by atoms with E-state index in [9.17, 15) is 5.11 Å². The fourth-order valence-corrected chi connectivity index (χ4v) is 2.65. The van der Waals surface area contributed by atoms with Crippen LogP contribution in [-0.2, 0) is 6.54 Å². The van der Waals surface area contributed by atoms with Crippen LogP contribution in [0.15, 0.2) is 22.8 Å². The number of aliphatic hydroxyl groups is 2. The number of aryl methyl sites for hydroxylation is 2. The Morgan fingerprint density at radius 2 is 2.21 bits per heavy atom. The standard InChI is InChI=1S/C14H15BrN2O2/c1-9-4-14-12(5-10(9)6-16)13(15)7-17(14)3-2-11(19)8-18/h4-5,7,11,18-19H,2-3,8H2,1H3. The summed E-state index contributed by atoms with van der Waals surface area (Å²) in [6, 6.07) is 6.03. The molecule has 2 rings (SSSR count). The van der Waals surface area contributed by atoms with Crippen LogP contribution in [0.2, 0.25) is 0 Å². The van der Waals surface area contributed by atoms with E-state index in [1.165, 1.54) is 0 Å². The lowest BCUT2D eigenvalue weighted by Crippen LogP contribution is -2.14. The highest BCUT2D eigenvalue weighted by atomic mass is 79.9. The van der Waals surface area contributed by atoms with Crippen LogP contribution < -0.4 is 0 Å². The minimum absolute atomic E-state index is 0.224. The van der Waals surface area contributed by atoms with Crippen molar-refractivity contribution in [2.45, 2.75) is 26.0 Å². The average molecular weight is 323 g/mol. The van der Waals surface area contributed by atoms with Crippen molar-refractivity contribution in [3.63, 3.8) is 0 Å². The van der Waals surface area contributed by atoms with Crippen LogP contribution in [0.1, 0.15) is 17.5 Å². The smallest absolute Gasteiger partial charge is 0.0994 e. The molecule has 19 heavy (non-hydrogen) atoms. The normalized spacial score (nSPS) is 12.6. The zero-order valence-electron chi connectivity index (χ0n) is 10.6. The molecule has 1 aromatic heterocycles. The van der Waals surface area contributed by atoms with Crippen molar-refractivity contribution in [3.05, 3.63) is 33.9 Å². The molecule has 1 heterocycles. The molecule has 0 radical (unpaired) electrons. The number of hydrogen-bond donors (Lipinski definition) is 2. The second-order valence-electron chi connectivity index (χ2n) is 4.59. The summed E-state index contributed by atoms with van der Waals surface area (Å²) in [7, 11) is 0. The Kier molecular flexibility index (Phi) is 4.25. The summed E-state index contributed by atoms with van der Waals surface area (Å²) in [4.78, 5) is 0. The molecule has 0 spiro atoms. The van der Waals surface area contributed by atoms with E-state index in [0.717, 1.165) is 20.9 Å². The van der Waals surface area contributed by atoms with Gasteiger partial charge in [0.15, 0.2) is 0 Å². The summed E-state index contributed by atoms with van der Waals surface area (Å²) in [5.41, 5.74) is 2.62. The van der Waals surface area contributed by atoms with Crippen molar-refractivity contribution in [1.82, 2.24) is 4.57 Å². The molecule has 0 bridgehead atoms. The third-order valence-electron chi connectivity index (χ3n) is 3.21. The summed E-state index contributed by atoms with van der Waals surface area (Å²) >= 11 is 3.49. The van der Waals surface area contributed by atoms with Crippen molar-refractivity contribution in [1.29, 1.82) is 5.26 Å². The molecule has 0 aliphatic heterocycles. The lowest BCUT2D eigenvalue weighted by molar-refractivity contribution is 0.0849. The van der Waals surface area contributed by atoms with Gasteiger partial charge in [0.2, 0.25) is 0 Å². The molecule has 0 amide bonds. The molecule has 5 heteroatoms. The number of fused-ring (bicyclic) bond motifs is 1. The third kappa shape index (κ3) is 2.81. The van der Waals surface area contributed by atoms with Gasteiger partial charge in [0.1, 0.15) is 0 Å². The number of nitrogens with zero attached hydrogens (tertiary/aromatic N) is 2. The maximum Gasteiger partial charge on any atom is 0.0994 e.